The van der Waals surface area contributed by atoms with Crippen molar-refractivity contribution in [1.29, 1.82) is 0 Å². The van der Waals surface area contributed by atoms with Gasteiger partial charge in [-0.2, -0.15) is 4.80 Å². The van der Waals surface area contributed by atoms with Crippen molar-refractivity contribution in [1.82, 2.24) is 45.4 Å². The lowest BCUT2D eigenvalue weighted by atomic mass is 9.67. The summed E-state index contributed by atoms with van der Waals surface area (Å²) in [6.45, 7) is 2.45. The van der Waals surface area contributed by atoms with E-state index in [4.69, 9.17) is 11.6 Å². The molecule has 3 fully saturated rings. The first-order valence-corrected chi connectivity index (χ1v) is 11.6. The number of fused-ring (bicyclic) bond motifs is 2. The highest BCUT2D eigenvalue weighted by Gasteiger charge is 2.55. The van der Waals surface area contributed by atoms with E-state index in [2.05, 4.69) is 41.5 Å². The molecule has 11 nitrogen and oxygen atoms in total. The van der Waals surface area contributed by atoms with Gasteiger partial charge in [0.25, 0.3) is 0 Å². The number of hydrogen-bond donors (Lipinski definition) is 3. The number of amides is 1. The maximum Gasteiger partial charge on any atom is 0.231 e. The number of carbonyl (C=O) groups excluding carboxylic acids is 1. The molecule has 9 atom stereocenters. The van der Waals surface area contributed by atoms with Gasteiger partial charge in [0, 0.05) is 30.6 Å². The number of imidazole rings is 1. The summed E-state index contributed by atoms with van der Waals surface area (Å²) < 4.78 is 30.7. The minimum absolute atomic E-state index is 0.0329. The van der Waals surface area contributed by atoms with Gasteiger partial charge < -0.3 is 9.72 Å². The minimum Gasteiger partial charge on any atom is -0.309 e. The molecule has 0 spiro atoms. The van der Waals surface area contributed by atoms with Crippen LogP contribution in [-0.2, 0) is 4.79 Å². The number of tetrazole rings is 1. The number of nitrogens with zero attached hydrogens (tertiary/aromatic N) is 7. The molecule has 0 aromatic carbocycles. The van der Waals surface area contributed by atoms with Gasteiger partial charge in [0.1, 0.15) is 12.3 Å². The number of anilines is 1. The number of carbonyl (C=O) groups is 1. The van der Waals surface area contributed by atoms with E-state index in [9.17, 15) is 9.18 Å². The molecule has 3 aromatic rings. The average molecular weight is 493 g/mol. The summed E-state index contributed by atoms with van der Waals surface area (Å²) in [5.74, 6) is -1.57. The topological polar surface area (TPSA) is 127 Å². The number of rotatable bonds is 5. The van der Waals surface area contributed by atoms with Gasteiger partial charge in [-0.15, -0.1) is 21.8 Å². The molecular weight excluding hydrogens is 470 g/mol. The van der Waals surface area contributed by atoms with E-state index < -0.39 is 29.6 Å². The first-order chi connectivity index (χ1) is 16.4. The molecule has 1 aliphatic heterocycles. The Kier molecular flexibility index (Phi) is 5.22. The van der Waals surface area contributed by atoms with Crippen molar-refractivity contribution in [3.05, 3.63) is 30.6 Å². The van der Waals surface area contributed by atoms with E-state index >= 15 is 4.39 Å². The quantitative estimate of drug-likeness (QED) is 0.451. The number of alkyl halides is 3. The Morgan fingerprint density at radius 3 is 2.91 bits per heavy atom. The minimum atomic E-state index is -1.36. The summed E-state index contributed by atoms with van der Waals surface area (Å²) in [5.41, 5.74) is 7.51. The third kappa shape index (κ3) is 3.53. The Hall–Kier alpha value is -2.77. The third-order valence-electron chi connectivity index (χ3n) is 7.25. The summed E-state index contributed by atoms with van der Waals surface area (Å²) >= 11 is 6.76. The van der Waals surface area contributed by atoms with Crippen LogP contribution >= 0.6 is 11.6 Å². The van der Waals surface area contributed by atoms with Crippen molar-refractivity contribution in [2.24, 2.45) is 17.8 Å². The number of halogens is 3. The van der Waals surface area contributed by atoms with Crippen LogP contribution in [0.25, 0.3) is 5.65 Å². The average Bonchev–Trinajstić information content (AvgIpc) is 3.26. The number of hydrogen-bond acceptors (Lipinski definition) is 8. The third-order valence-corrected chi connectivity index (χ3v) is 7.76. The fourth-order valence-electron chi connectivity index (χ4n) is 5.37. The van der Waals surface area contributed by atoms with Crippen LogP contribution in [0, 0.1) is 17.8 Å². The number of nitrogens with one attached hydrogen (secondary N) is 3. The van der Waals surface area contributed by atoms with E-state index in [1.807, 2.05) is 6.92 Å². The zero-order chi connectivity index (χ0) is 23.6. The normalized spacial score (nSPS) is 35.8. The Bertz CT molecular complexity index is 1210. The lowest BCUT2D eigenvalue weighted by molar-refractivity contribution is -0.117. The standard InChI is InChI=1S/C20H23ClF2N10O/c1-8(33-27-7-26-31-33)15-18(23)17(21)16(10-3-25-30-19(10)15)12-5-32-6-13(28-14(32)4-24-12)29-20(34)9-2-11(9)22/h4-11,15-19,25,30H,2-3H2,1H3,(H,29,34)/t8-,9-,10?,11+,15?,16?,17?,18?,19?/m1/s1. The van der Waals surface area contributed by atoms with Crippen LogP contribution in [-0.4, -0.2) is 70.8 Å². The summed E-state index contributed by atoms with van der Waals surface area (Å²) in [5, 5.41) is 13.6. The van der Waals surface area contributed by atoms with Crippen LogP contribution in [0.5, 0.6) is 0 Å². The van der Waals surface area contributed by atoms with Crippen molar-refractivity contribution in [2.45, 2.75) is 49.1 Å². The van der Waals surface area contributed by atoms with Gasteiger partial charge in [0.15, 0.2) is 17.8 Å². The highest BCUT2D eigenvalue weighted by molar-refractivity contribution is 6.21. The number of aromatic nitrogens is 7. The second kappa shape index (κ2) is 8.17. The monoisotopic (exact) mass is 492 g/mol. The molecule has 1 amide bonds. The molecule has 2 aliphatic carbocycles. The Morgan fingerprint density at radius 1 is 1.35 bits per heavy atom. The molecule has 6 rings (SSSR count). The largest absolute Gasteiger partial charge is 0.309 e. The molecule has 4 heterocycles. The van der Waals surface area contributed by atoms with Crippen molar-refractivity contribution in [2.75, 3.05) is 11.9 Å². The van der Waals surface area contributed by atoms with E-state index in [1.54, 1.807) is 23.0 Å². The van der Waals surface area contributed by atoms with Crippen LogP contribution in [0.3, 0.4) is 0 Å². The van der Waals surface area contributed by atoms with Gasteiger partial charge in [-0.3, -0.25) is 20.6 Å². The molecule has 34 heavy (non-hydrogen) atoms. The van der Waals surface area contributed by atoms with Crippen molar-refractivity contribution >= 4 is 29.0 Å². The maximum atomic E-state index is 15.8. The summed E-state index contributed by atoms with van der Waals surface area (Å²) in [4.78, 5) is 22.3. The lowest BCUT2D eigenvalue weighted by Crippen LogP contribution is -2.55. The second-order valence-corrected chi connectivity index (χ2v) is 9.76. The SMILES string of the molecule is C[C@H](C1C(F)C(Cl)C(c2cn3cc(NC(=O)[C@@H]4C[C@@H]4F)nc3cn2)C2CNNC21)n1ncnn1. The molecule has 2 saturated carbocycles. The van der Waals surface area contributed by atoms with Gasteiger partial charge in [-0.05, 0) is 24.5 Å². The Morgan fingerprint density at radius 2 is 2.18 bits per heavy atom. The van der Waals surface area contributed by atoms with Gasteiger partial charge in [0.2, 0.25) is 5.91 Å². The van der Waals surface area contributed by atoms with Crippen molar-refractivity contribution in [3.63, 3.8) is 0 Å². The second-order valence-electron chi connectivity index (χ2n) is 9.25. The molecule has 0 radical (unpaired) electrons. The van der Waals surface area contributed by atoms with E-state index in [-0.39, 0.29) is 36.2 Å². The van der Waals surface area contributed by atoms with E-state index in [1.165, 1.54) is 11.1 Å². The summed E-state index contributed by atoms with van der Waals surface area (Å²) in [6, 6.07) is -0.580. The van der Waals surface area contributed by atoms with Crippen molar-refractivity contribution in [3.8, 4) is 0 Å². The zero-order valence-electron chi connectivity index (χ0n) is 18.1. The highest BCUT2D eigenvalue weighted by atomic mass is 35.5. The van der Waals surface area contributed by atoms with E-state index in [0.717, 1.165) is 0 Å². The van der Waals surface area contributed by atoms with Crippen molar-refractivity contribution < 1.29 is 13.6 Å². The fourth-order valence-corrected chi connectivity index (χ4v) is 5.85. The molecule has 6 unspecified atom stereocenters. The zero-order valence-corrected chi connectivity index (χ0v) is 18.8. The molecular formula is C20H23ClF2N10O. The molecule has 0 bridgehead atoms. The van der Waals surface area contributed by atoms with Crippen LogP contribution in [0.2, 0.25) is 0 Å². The summed E-state index contributed by atoms with van der Waals surface area (Å²) in [7, 11) is 0. The van der Waals surface area contributed by atoms with Crippen LogP contribution in [0.15, 0.2) is 24.9 Å². The first-order valence-electron chi connectivity index (χ1n) is 11.2. The molecule has 3 N–H and O–H groups in total. The van der Waals surface area contributed by atoms with Gasteiger partial charge >= 0.3 is 0 Å². The van der Waals surface area contributed by atoms with Gasteiger partial charge in [-0.1, -0.05) is 0 Å². The van der Waals surface area contributed by atoms with Crippen LogP contribution in [0.1, 0.15) is 31.0 Å². The molecule has 14 heteroatoms. The number of hydrazine groups is 1. The molecule has 3 aromatic heterocycles. The highest BCUT2D eigenvalue weighted by Crippen LogP contribution is 2.48. The molecule has 180 valence electrons. The van der Waals surface area contributed by atoms with Gasteiger partial charge in [0.05, 0.1) is 35.4 Å². The predicted octanol–water partition coefficient (Wildman–Crippen LogP) is 1.02. The first kappa shape index (κ1) is 21.7. The fraction of sp³-hybridized carbons (Fsp3) is 0.600. The van der Waals surface area contributed by atoms with Crippen LogP contribution in [0.4, 0.5) is 14.6 Å². The lowest BCUT2D eigenvalue weighted by Gasteiger charge is -2.45. The van der Waals surface area contributed by atoms with E-state index in [0.29, 0.717) is 23.7 Å². The summed E-state index contributed by atoms with van der Waals surface area (Å²) in [6.07, 6.45) is 4.09. The molecule has 3 aliphatic rings. The Balaban J connectivity index is 1.28. The predicted molar refractivity (Wildman–Crippen MR) is 116 cm³/mol. The Labute approximate surface area is 197 Å². The van der Waals surface area contributed by atoms with Gasteiger partial charge in [-0.25, -0.2) is 13.8 Å². The maximum absolute atomic E-state index is 15.8. The molecule has 1 saturated heterocycles. The smallest absolute Gasteiger partial charge is 0.231 e. The van der Waals surface area contributed by atoms with Crippen LogP contribution < -0.4 is 16.2 Å².